The monoisotopic (exact) mass is 423 g/mol. The van der Waals surface area contributed by atoms with E-state index in [0.717, 1.165) is 37.8 Å². The molecule has 31 heavy (non-hydrogen) atoms. The average Bonchev–Trinajstić information content (AvgIpc) is 3.52. The number of imide groups is 1. The molecule has 4 heterocycles. The molecule has 4 aliphatic rings. The van der Waals surface area contributed by atoms with Crippen LogP contribution in [0.3, 0.4) is 0 Å². The zero-order valence-electron chi connectivity index (χ0n) is 17.4. The Labute approximate surface area is 178 Å². The number of aromatic amines is 1. The van der Waals surface area contributed by atoms with E-state index in [9.17, 15) is 19.2 Å². The van der Waals surface area contributed by atoms with Gasteiger partial charge < -0.3 is 4.90 Å². The van der Waals surface area contributed by atoms with Gasteiger partial charge in [0.15, 0.2) is 5.65 Å². The van der Waals surface area contributed by atoms with Crippen molar-refractivity contribution in [3.63, 3.8) is 0 Å². The molecule has 2 aliphatic carbocycles. The molecular weight excluding hydrogens is 398 g/mol. The van der Waals surface area contributed by atoms with Gasteiger partial charge in [-0.2, -0.15) is 0 Å². The molecule has 4 fully saturated rings. The minimum atomic E-state index is -0.225. The topological polar surface area (TPSA) is 108 Å². The van der Waals surface area contributed by atoms with Gasteiger partial charge in [0.05, 0.1) is 23.6 Å². The first-order chi connectivity index (χ1) is 14.9. The van der Waals surface area contributed by atoms with Gasteiger partial charge in [-0.05, 0) is 50.9 Å². The number of likely N-dealkylation sites (tertiary alicyclic amines) is 2. The third-order valence-corrected chi connectivity index (χ3v) is 7.84. The van der Waals surface area contributed by atoms with Gasteiger partial charge in [0, 0.05) is 24.4 Å². The van der Waals surface area contributed by atoms with Crippen molar-refractivity contribution in [3.8, 4) is 0 Å². The minimum Gasteiger partial charge on any atom is -0.333 e. The molecule has 5 atom stereocenters. The highest BCUT2D eigenvalue weighted by Gasteiger charge is 2.61. The zero-order valence-corrected chi connectivity index (χ0v) is 17.4. The number of rotatable bonds is 3. The van der Waals surface area contributed by atoms with Gasteiger partial charge in [-0.1, -0.05) is 0 Å². The van der Waals surface area contributed by atoms with Crippen LogP contribution in [0.2, 0.25) is 0 Å². The van der Waals surface area contributed by atoms with E-state index in [4.69, 9.17) is 0 Å². The van der Waals surface area contributed by atoms with Gasteiger partial charge in [0.25, 0.3) is 5.56 Å². The summed E-state index contributed by atoms with van der Waals surface area (Å²) in [7, 11) is 0. The molecule has 0 aromatic carbocycles. The Kier molecular flexibility index (Phi) is 3.94. The lowest BCUT2D eigenvalue weighted by molar-refractivity contribution is -0.147. The van der Waals surface area contributed by atoms with Crippen LogP contribution >= 0.6 is 0 Å². The Hall–Kier alpha value is -2.97. The molecule has 2 bridgehead atoms. The quantitative estimate of drug-likeness (QED) is 0.742. The van der Waals surface area contributed by atoms with Crippen molar-refractivity contribution in [2.24, 2.45) is 23.7 Å². The number of aryl methyl sites for hydroxylation is 1. The Morgan fingerprint density at radius 2 is 1.81 bits per heavy atom. The molecule has 2 saturated carbocycles. The van der Waals surface area contributed by atoms with Crippen LogP contribution in [0.15, 0.2) is 16.9 Å². The number of amides is 3. The fourth-order valence-corrected chi connectivity index (χ4v) is 6.54. The molecule has 162 valence electrons. The van der Waals surface area contributed by atoms with Gasteiger partial charge in [-0.25, -0.2) is 9.50 Å². The van der Waals surface area contributed by atoms with E-state index in [1.807, 2.05) is 0 Å². The molecule has 0 radical (unpaired) electrons. The van der Waals surface area contributed by atoms with Crippen molar-refractivity contribution in [3.05, 3.63) is 33.9 Å². The van der Waals surface area contributed by atoms with Crippen molar-refractivity contribution in [2.45, 2.75) is 45.1 Å². The highest BCUT2D eigenvalue weighted by atomic mass is 16.2. The molecule has 2 aliphatic heterocycles. The number of hydrogen-bond acceptors (Lipinski definition) is 5. The second kappa shape index (κ2) is 6.51. The van der Waals surface area contributed by atoms with Crippen molar-refractivity contribution in [2.75, 3.05) is 13.1 Å². The first-order valence-electron chi connectivity index (χ1n) is 11.2. The van der Waals surface area contributed by atoms with Crippen LogP contribution in [0.5, 0.6) is 0 Å². The molecule has 9 nitrogen and oxygen atoms in total. The number of H-pyrrole nitrogens is 1. The minimum absolute atomic E-state index is 0.150. The smallest absolute Gasteiger partial charge is 0.272 e. The molecule has 0 spiro atoms. The van der Waals surface area contributed by atoms with Crippen LogP contribution < -0.4 is 5.56 Å². The van der Waals surface area contributed by atoms with E-state index in [2.05, 4.69) is 10.1 Å². The van der Waals surface area contributed by atoms with Crippen LogP contribution in [0, 0.1) is 30.6 Å². The molecule has 2 saturated heterocycles. The normalized spacial score (nSPS) is 32.0. The summed E-state index contributed by atoms with van der Waals surface area (Å²) in [6.45, 7) is 2.15. The van der Waals surface area contributed by atoms with E-state index in [-0.39, 0.29) is 47.7 Å². The van der Waals surface area contributed by atoms with Crippen molar-refractivity contribution in [1.82, 2.24) is 24.4 Å². The number of carbonyl (C=O) groups excluding carboxylic acids is 3. The number of hydrogen-bond donors (Lipinski definition) is 1. The standard InChI is InChI=1S/C22H25N5O4/c1-11-7-17(28)27-16(23-11)9-14(24-27)15-3-2-6-25(15)18(29)10-26-21(30)19-12-4-5-13(8-12)20(19)22(26)31/h7,9,12-13,15,19-20,24H,2-6,8,10H2,1H3. The van der Waals surface area contributed by atoms with E-state index in [1.54, 1.807) is 17.9 Å². The number of carbonyl (C=O) groups is 3. The number of fused-ring (bicyclic) bond motifs is 6. The van der Waals surface area contributed by atoms with Crippen molar-refractivity contribution in [1.29, 1.82) is 0 Å². The molecule has 1 N–H and O–H groups in total. The summed E-state index contributed by atoms with van der Waals surface area (Å²) in [6.07, 6.45) is 4.60. The summed E-state index contributed by atoms with van der Waals surface area (Å²) in [5.74, 6) is -0.303. The fraction of sp³-hybridized carbons (Fsp3) is 0.591. The summed E-state index contributed by atoms with van der Waals surface area (Å²) >= 11 is 0. The van der Waals surface area contributed by atoms with Crippen LogP contribution in [-0.4, -0.2) is 55.2 Å². The summed E-state index contributed by atoms with van der Waals surface area (Å²) in [5, 5.41) is 3.08. The van der Waals surface area contributed by atoms with Gasteiger partial charge in [0.1, 0.15) is 6.54 Å². The van der Waals surface area contributed by atoms with E-state index >= 15 is 0 Å². The zero-order chi connectivity index (χ0) is 21.4. The summed E-state index contributed by atoms with van der Waals surface area (Å²) in [4.78, 5) is 58.7. The molecule has 2 aromatic rings. The second-order valence-electron chi connectivity index (χ2n) is 9.53. The Morgan fingerprint density at radius 3 is 2.52 bits per heavy atom. The molecule has 9 heteroatoms. The molecule has 6 rings (SSSR count). The Morgan fingerprint density at radius 1 is 1.10 bits per heavy atom. The third kappa shape index (κ3) is 2.64. The van der Waals surface area contributed by atoms with Crippen LogP contribution in [0.1, 0.15) is 49.5 Å². The molecular formula is C22H25N5O4. The predicted octanol–water partition coefficient (Wildman–Crippen LogP) is 1.03. The van der Waals surface area contributed by atoms with Crippen LogP contribution in [-0.2, 0) is 14.4 Å². The third-order valence-electron chi connectivity index (χ3n) is 7.84. The highest BCUT2D eigenvalue weighted by molar-refractivity contribution is 6.08. The molecule has 3 amide bonds. The predicted molar refractivity (Wildman–Crippen MR) is 109 cm³/mol. The summed E-state index contributed by atoms with van der Waals surface area (Å²) in [5.41, 5.74) is 1.71. The molecule has 5 unspecified atom stereocenters. The van der Waals surface area contributed by atoms with Crippen LogP contribution in [0.25, 0.3) is 5.65 Å². The largest absolute Gasteiger partial charge is 0.333 e. The lowest BCUT2D eigenvalue weighted by Crippen LogP contribution is -2.43. The van der Waals surface area contributed by atoms with Gasteiger partial charge in [-0.3, -0.25) is 29.2 Å². The van der Waals surface area contributed by atoms with E-state index in [1.165, 1.54) is 15.5 Å². The lowest BCUT2D eigenvalue weighted by Gasteiger charge is -2.26. The Bertz CT molecular complexity index is 1150. The van der Waals surface area contributed by atoms with Crippen molar-refractivity contribution < 1.29 is 14.4 Å². The SMILES string of the molecule is Cc1cc(=O)n2[nH]c(C3CCCN3C(=O)CN3C(=O)C4C5CCC(C5)C4C3=O)cc2n1. The maximum Gasteiger partial charge on any atom is 0.272 e. The van der Waals surface area contributed by atoms with E-state index < -0.39 is 0 Å². The first kappa shape index (κ1) is 18.8. The fourth-order valence-electron chi connectivity index (χ4n) is 6.54. The van der Waals surface area contributed by atoms with Crippen LogP contribution in [0.4, 0.5) is 0 Å². The highest BCUT2D eigenvalue weighted by Crippen LogP contribution is 2.56. The lowest BCUT2D eigenvalue weighted by atomic mass is 9.81. The average molecular weight is 423 g/mol. The number of nitrogens with one attached hydrogen (secondary N) is 1. The van der Waals surface area contributed by atoms with E-state index in [0.29, 0.717) is 29.7 Å². The first-order valence-corrected chi connectivity index (χ1v) is 11.2. The van der Waals surface area contributed by atoms with Crippen molar-refractivity contribution >= 4 is 23.4 Å². The van der Waals surface area contributed by atoms with Gasteiger partial charge >= 0.3 is 0 Å². The number of nitrogens with zero attached hydrogens (tertiary/aromatic N) is 4. The second-order valence-corrected chi connectivity index (χ2v) is 9.53. The summed E-state index contributed by atoms with van der Waals surface area (Å²) < 4.78 is 1.38. The van der Waals surface area contributed by atoms with Gasteiger partial charge in [-0.15, -0.1) is 0 Å². The molecule has 2 aromatic heterocycles. The van der Waals surface area contributed by atoms with Gasteiger partial charge in [0.2, 0.25) is 17.7 Å². The maximum absolute atomic E-state index is 13.2. The Balaban J connectivity index is 1.24. The summed E-state index contributed by atoms with van der Waals surface area (Å²) in [6, 6.07) is 3.04. The maximum atomic E-state index is 13.2. The number of aromatic nitrogens is 3.